The minimum Gasteiger partial charge on any atom is -0.308 e. The Bertz CT molecular complexity index is 443. The Morgan fingerprint density at radius 1 is 1.33 bits per heavy atom. The van der Waals surface area contributed by atoms with Gasteiger partial charge in [-0.1, -0.05) is 0 Å². The molecule has 0 aliphatic carbocycles. The molecule has 0 saturated heterocycles. The zero-order chi connectivity index (χ0) is 10.7. The van der Waals surface area contributed by atoms with Gasteiger partial charge in [0.15, 0.2) is 4.34 Å². The molecule has 2 aromatic heterocycles. The van der Waals surface area contributed by atoms with Crippen LogP contribution in [0.1, 0.15) is 5.56 Å². The van der Waals surface area contributed by atoms with Crippen molar-refractivity contribution in [3.05, 3.63) is 18.2 Å². The van der Waals surface area contributed by atoms with Crippen LogP contribution in [0.25, 0.3) is 0 Å². The molecule has 2 aromatic rings. The van der Waals surface area contributed by atoms with Crippen LogP contribution in [0.15, 0.2) is 22.0 Å². The van der Waals surface area contributed by atoms with Gasteiger partial charge < -0.3 is 5.43 Å². The molecule has 2 heterocycles. The first-order valence-corrected chi connectivity index (χ1v) is 5.63. The predicted octanol–water partition coefficient (Wildman–Crippen LogP) is 1.07. The van der Waals surface area contributed by atoms with Gasteiger partial charge in [-0.25, -0.2) is 20.8 Å². The van der Waals surface area contributed by atoms with Gasteiger partial charge in [-0.15, -0.1) is 0 Å². The van der Waals surface area contributed by atoms with E-state index in [1.165, 1.54) is 35.9 Å². The van der Waals surface area contributed by atoms with Crippen molar-refractivity contribution in [2.45, 2.75) is 16.3 Å². The van der Waals surface area contributed by atoms with Crippen molar-refractivity contribution in [1.29, 1.82) is 0 Å². The van der Waals surface area contributed by atoms with Gasteiger partial charge in [-0.2, -0.15) is 4.37 Å². The number of aromatic nitrogens is 4. The van der Waals surface area contributed by atoms with E-state index in [0.717, 1.165) is 14.9 Å². The van der Waals surface area contributed by atoms with Gasteiger partial charge in [-0.05, 0) is 30.2 Å². The Kier molecular flexibility index (Phi) is 3.09. The summed E-state index contributed by atoms with van der Waals surface area (Å²) < 4.78 is 4.76. The topological polar surface area (TPSA) is 89.6 Å². The molecular formula is C7H8N6S2. The zero-order valence-electron chi connectivity index (χ0n) is 7.84. The molecule has 78 valence electrons. The third kappa shape index (κ3) is 2.22. The summed E-state index contributed by atoms with van der Waals surface area (Å²) >= 11 is 2.78. The van der Waals surface area contributed by atoms with Crippen molar-refractivity contribution in [1.82, 2.24) is 19.3 Å². The largest absolute Gasteiger partial charge is 0.308 e. The molecular weight excluding hydrogens is 232 g/mol. The van der Waals surface area contributed by atoms with E-state index in [0.29, 0.717) is 5.82 Å². The van der Waals surface area contributed by atoms with E-state index in [2.05, 4.69) is 24.8 Å². The maximum atomic E-state index is 5.32. The highest BCUT2D eigenvalue weighted by Crippen LogP contribution is 2.30. The Morgan fingerprint density at radius 3 is 2.87 bits per heavy atom. The van der Waals surface area contributed by atoms with Gasteiger partial charge in [0.25, 0.3) is 0 Å². The summed E-state index contributed by atoms with van der Waals surface area (Å²) in [5.41, 5.74) is 3.42. The Labute approximate surface area is 94.5 Å². The first-order valence-electron chi connectivity index (χ1n) is 4.04. The summed E-state index contributed by atoms with van der Waals surface area (Å²) in [6, 6.07) is 0. The fourth-order valence-corrected chi connectivity index (χ4v) is 2.38. The van der Waals surface area contributed by atoms with Gasteiger partial charge in [0, 0.05) is 5.56 Å². The lowest BCUT2D eigenvalue weighted by Gasteiger charge is -2.05. The maximum Gasteiger partial charge on any atom is 0.176 e. The number of hydrogen-bond donors (Lipinski definition) is 2. The predicted molar refractivity (Wildman–Crippen MR) is 58.6 cm³/mol. The summed E-state index contributed by atoms with van der Waals surface area (Å²) in [5.74, 6) is 5.94. The molecule has 0 spiro atoms. The Morgan fingerprint density at radius 2 is 2.20 bits per heavy atom. The van der Waals surface area contributed by atoms with Gasteiger partial charge in [0.05, 0.1) is 0 Å². The molecule has 0 radical (unpaired) electrons. The smallest absolute Gasteiger partial charge is 0.176 e. The average molecular weight is 240 g/mol. The van der Waals surface area contributed by atoms with E-state index >= 15 is 0 Å². The molecule has 3 N–H and O–H groups in total. The molecule has 0 fully saturated rings. The van der Waals surface area contributed by atoms with Crippen molar-refractivity contribution in [2.24, 2.45) is 5.84 Å². The molecule has 0 saturated carbocycles. The number of hydrazine groups is 1. The highest BCUT2D eigenvalue weighted by molar-refractivity contribution is 8.00. The molecule has 0 atom stereocenters. The molecule has 0 unspecified atom stereocenters. The minimum atomic E-state index is 0.622. The highest BCUT2D eigenvalue weighted by Gasteiger charge is 2.09. The average Bonchev–Trinajstić information content (AvgIpc) is 2.74. The molecule has 8 heteroatoms. The molecule has 0 aromatic carbocycles. The van der Waals surface area contributed by atoms with E-state index < -0.39 is 0 Å². The monoisotopic (exact) mass is 240 g/mol. The van der Waals surface area contributed by atoms with Crippen molar-refractivity contribution in [2.75, 3.05) is 5.43 Å². The SMILES string of the molecule is Cc1c(NN)ncnc1Sc1ncns1. The quantitative estimate of drug-likeness (QED) is 0.471. The molecule has 15 heavy (non-hydrogen) atoms. The summed E-state index contributed by atoms with van der Waals surface area (Å²) in [7, 11) is 0. The second-order valence-electron chi connectivity index (χ2n) is 2.61. The summed E-state index contributed by atoms with van der Waals surface area (Å²) in [4.78, 5) is 12.2. The van der Waals surface area contributed by atoms with E-state index in [1.54, 1.807) is 0 Å². The number of anilines is 1. The third-order valence-electron chi connectivity index (χ3n) is 1.70. The highest BCUT2D eigenvalue weighted by atomic mass is 32.2. The zero-order valence-corrected chi connectivity index (χ0v) is 9.47. The number of hydrogen-bond acceptors (Lipinski definition) is 8. The number of rotatable bonds is 3. The fraction of sp³-hybridized carbons (Fsp3) is 0.143. The van der Waals surface area contributed by atoms with Crippen LogP contribution in [0.2, 0.25) is 0 Å². The van der Waals surface area contributed by atoms with E-state index in [4.69, 9.17) is 5.84 Å². The second-order valence-corrected chi connectivity index (χ2v) is 4.62. The van der Waals surface area contributed by atoms with E-state index in [-0.39, 0.29) is 0 Å². The lowest BCUT2D eigenvalue weighted by atomic mass is 10.3. The van der Waals surface area contributed by atoms with Crippen LogP contribution in [-0.2, 0) is 0 Å². The van der Waals surface area contributed by atoms with Crippen LogP contribution < -0.4 is 11.3 Å². The van der Waals surface area contributed by atoms with Crippen molar-refractivity contribution in [3.8, 4) is 0 Å². The first kappa shape index (κ1) is 10.3. The van der Waals surface area contributed by atoms with Crippen molar-refractivity contribution >= 4 is 29.1 Å². The maximum absolute atomic E-state index is 5.32. The van der Waals surface area contributed by atoms with Crippen LogP contribution in [0.4, 0.5) is 5.82 Å². The standard InChI is InChI=1S/C7H8N6S2/c1-4-5(13-8)9-2-10-6(4)14-7-11-3-12-15-7/h2-3H,8H2,1H3,(H,9,10,13). The van der Waals surface area contributed by atoms with Gasteiger partial charge in [0.2, 0.25) is 0 Å². The first-order chi connectivity index (χ1) is 7.31. The number of nitrogens with two attached hydrogens (primary N) is 1. The second kappa shape index (κ2) is 4.51. The number of nitrogens with one attached hydrogen (secondary N) is 1. The van der Waals surface area contributed by atoms with Crippen molar-refractivity contribution in [3.63, 3.8) is 0 Å². The molecule has 0 aliphatic rings. The minimum absolute atomic E-state index is 0.622. The molecule has 0 aliphatic heterocycles. The van der Waals surface area contributed by atoms with Crippen LogP contribution in [0.5, 0.6) is 0 Å². The van der Waals surface area contributed by atoms with E-state index in [9.17, 15) is 0 Å². The summed E-state index contributed by atoms with van der Waals surface area (Å²) in [6.45, 7) is 1.90. The van der Waals surface area contributed by atoms with Crippen LogP contribution in [0.3, 0.4) is 0 Å². The Hall–Kier alpha value is -1.25. The fourth-order valence-electron chi connectivity index (χ4n) is 0.973. The van der Waals surface area contributed by atoms with Gasteiger partial charge in [0.1, 0.15) is 23.5 Å². The third-order valence-corrected chi connectivity index (χ3v) is 3.52. The molecule has 0 amide bonds. The number of nitrogen functional groups attached to an aromatic ring is 1. The van der Waals surface area contributed by atoms with Crippen LogP contribution in [0, 0.1) is 6.92 Å². The molecule has 6 nitrogen and oxygen atoms in total. The van der Waals surface area contributed by atoms with Crippen molar-refractivity contribution < 1.29 is 0 Å². The number of nitrogens with zero attached hydrogens (tertiary/aromatic N) is 4. The Balaban J connectivity index is 2.29. The summed E-state index contributed by atoms with van der Waals surface area (Å²) in [5, 5.41) is 0.828. The van der Waals surface area contributed by atoms with E-state index in [1.807, 2.05) is 6.92 Å². The lowest BCUT2D eigenvalue weighted by Crippen LogP contribution is -2.10. The normalized spacial score (nSPS) is 10.3. The summed E-state index contributed by atoms with van der Waals surface area (Å²) in [6.07, 6.45) is 2.98. The lowest BCUT2D eigenvalue weighted by molar-refractivity contribution is 0.995. The van der Waals surface area contributed by atoms with Crippen LogP contribution in [-0.4, -0.2) is 19.3 Å². The van der Waals surface area contributed by atoms with Crippen LogP contribution >= 0.6 is 23.3 Å². The van der Waals surface area contributed by atoms with Gasteiger partial charge >= 0.3 is 0 Å². The van der Waals surface area contributed by atoms with Gasteiger partial charge in [-0.3, -0.25) is 0 Å². The molecule has 2 rings (SSSR count). The molecule has 0 bridgehead atoms.